The van der Waals surface area contributed by atoms with Crippen LogP contribution in [0.5, 0.6) is 0 Å². The van der Waals surface area contributed by atoms with Crippen molar-refractivity contribution < 1.29 is 4.79 Å². The zero-order chi connectivity index (χ0) is 9.97. The number of anilines is 1. The van der Waals surface area contributed by atoms with Crippen molar-refractivity contribution in [2.75, 3.05) is 5.32 Å². The van der Waals surface area contributed by atoms with Crippen LogP contribution < -0.4 is 11.1 Å². The molecule has 1 amide bonds. The van der Waals surface area contributed by atoms with Crippen LogP contribution in [0.25, 0.3) is 0 Å². The molecule has 2 rings (SSSR count). The first-order valence-electron chi connectivity index (χ1n) is 4.89. The summed E-state index contributed by atoms with van der Waals surface area (Å²) in [6, 6.07) is 3.88. The van der Waals surface area contributed by atoms with Crippen LogP contribution in [0.1, 0.15) is 24.1 Å². The molecule has 76 valence electrons. The molecule has 1 aromatic heterocycles. The fourth-order valence-electron chi connectivity index (χ4n) is 1.45. The van der Waals surface area contributed by atoms with Crippen molar-refractivity contribution in [2.24, 2.45) is 11.7 Å². The molecule has 1 heterocycles. The van der Waals surface area contributed by atoms with Gasteiger partial charge in [-0.1, -0.05) is 6.42 Å². The lowest BCUT2D eigenvalue weighted by molar-refractivity contribution is -0.122. The Morgan fingerprint density at radius 2 is 2.36 bits per heavy atom. The van der Waals surface area contributed by atoms with Crippen molar-refractivity contribution in [3.8, 4) is 0 Å². The van der Waals surface area contributed by atoms with Crippen LogP contribution in [-0.2, 0) is 11.3 Å². The molecule has 1 fully saturated rings. The molecule has 1 aliphatic carbocycles. The van der Waals surface area contributed by atoms with Crippen LogP contribution in [0.3, 0.4) is 0 Å². The van der Waals surface area contributed by atoms with E-state index in [1.165, 1.54) is 6.42 Å². The Labute approximate surface area is 87.3 Å². The lowest BCUT2D eigenvalue weighted by Crippen LogP contribution is -2.27. The third-order valence-corrected chi connectivity index (χ3v) is 3.61. The van der Waals surface area contributed by atoms with Gasteiger partial charge in [-0.2, -0.15) is 0 Å². The van der Waals surface area contributed by atoms with Gasteiger partial charge >= 0.3 is 0 Å². The molecule has 0 saturated heterocycles. The van der Waals surface area contributed by atoms with E-state index in [1.807, 2.05) is 12.1 Å². The summed E-state index contributed by atoms with van der Waals surface area (Å²) in [6.45, 7) is 0.546. The molecule has 0 bridgehead atoms. The number of hydrogen-bond donors (Lipinski definition) is 2. The van der Waals surface area contributed by atoms with E-state index >= 15 is 0 Å². The third-order valence-electron chi connectivity index (χ3n) is 2.59. The topological polar surface area (TPSA) is 55.1 Å². The minimum absolute atomic E-state index is 0.168. The predicted octanol–water partition coefficient (Wildman–Crippen LogP) is 1.95. The first-order valence-corrected chi connectivity index (χ1v) is 5.71. The maximum atomic E-state index is 11.6. The highest BCUT2D eigenvalue weighted by Gasteiger charge is 2.25. The summed E-state index contributed by atoms with van der Waals surface area (Å²) in [5, 5.41) is 3.84. The van der Waals surface area contributed by atoms with Crippen molar-refractivity contribution in [2.45, 2.75) is 25.8 Å². The number of nitrogens with one attached hydrogen (secondary N) is 1. The molecular weight excluding hydrogens is 196 g/mol. The minimum Gasteiger partial charge on any atom is -0.326 e. The molecule has 0 radical (unpaired) electrons. The summed E-state index contributed by atoms with van der Waals surface area (Å²) in [7, 11) is 0. The first-order chi connectivity index (χ1) is 6.79. The fourth-order valence-corrected chi connectivity index (χ4v) is 2.24. The highest BCUT2D eigenvalue weighted by Crippen LogP contribution is 2.29. The fraction of sp³-hybridized carbons (Fsp3) is 0.500. The van der Waals surface area contributed by atoms with Gasteiger partial charge < -0.3 is 11.1 Å². The van der Waals surface area contributed by atoms with Crippen LogP contribution in [0.2, 0.25) is 0 Å². The number of amides is 1. The Balaban J connectivity index is 1.92. The van der Waals surface area contributed by atoms with Crippen molar-refractivity contribution in [1.29, 1.82) is 0 Å². The van der Waals surface area contributed by atoms with Crippen LogP contribution in [0.4, 0.5) is 5.00 Å². The maximum Gasteiger partial charge on any atom is 0.228 e. The van der Waals surface area contributed by atoms with Gasteiger partial charge in [0.05, 0.1) is 5.00 Å². The molecular formula is C10H14N2OS. The number of nitrogens with two attached hydrogens (primary N) is 1. The van der Waals surface area contributed by atoms with Gasteiger partial charge in [-0.15, -0.1) is 11.3 Å². The average Bonchev–Trinajstić information content (AvgIpc) is 2.48. The molecule has 0 atom stereocenters. The van der Waals surface area contributed by atoms with Crippen molar-refractivity contribution in [3.63, 3.8) is 0 Å². The Bertz CT molecular complexity index is 331. The Hall–Kier alpha value is -0.870. The van der Waals surface area contributed by atoms with Gasteiger partial charge in [-0.3, -0.25) is 4.79 Å². The van der Waals surface area contributed by atoms with E-state index in [0.717, 1.165) is 22.7 Å². The van der Waals surface area contributed by atoms with E-state index in [0.29, 0.717) is 6.54 Å². The molecule has 0 spiro atoms. The number of carbonyl (C=O) groups excluding carboxylic acids is 1. The van der Waals surface area contributed by atoms with Gasteiger partial charge in [0, 0.05) is 17.3 Å². The van der Waals surface area contributed by atoms with Gasteiger partial charge in [-0.25, -0.2) is 0 Å². The van der Waals surface area contributed by atoms with Crippen molar-refractivity contribution in [3.05, 3.63) is 17.0 Å². The van der Waals surface area contributed by atoms with E-state index in [2.05, 4.69) is 5.32 Å². The molecule has 1 aromatic rings. The summed E-state index contributed by atoms with van der Waals surface area (Å²) in [6.07, 6.45) is 3.28. The summed E-state index contributed by atoms with van der Waals surface area (Å²) in [5.41, 5.74) is 5.49. The molecule has 0 aliphatic heterocycles. The largest absolute Gasteiger partial charge is 0.326 e. The SMILES string of the molecule is NCc1ccc(NC(=O)C2CCC2)s1. The second-order valence-electron chi connectivity index (χ2n) is 3.59. The summed E-state index contributed by atoms with van der Waals surface area (Å²) >= 11 is 1.56. The number of carbonyl (C=O) groups is 1. The first kappa shape index (κ1) is 9.68. The molecule has 3 nitrogen and oxygen atoms in total. The number of rotatable bonds is 3. The van der Waals surface area contributed by atoms with E-state index in [4.69, 9.17) is 5.73 Å². The molecule has 3 N–H and O–H groups in total. The average molecular weight is 210 g/mol. The highest BCUT2D eigenvalue weighted by atomic mass is 32.1. The second-order valence-corrected chi connectivity index (χ2v) is 4.76. The summed E-state index contributed by atoms with van der Waals surface area (Å²) in [5.74, 6) is 0.417. The Morgan fingerprint density at radius 3 is 2.86 bits per heavy atom. The molecule has 0 aromatic carbocycles. The van der Waals surface area contributed by atoms with E-state index in [9.17, 15) is 4.79 Å². The Morgan fingerprint density at radius 1 is 1.57 bits per heavy atom. The van der Waals surface area contributed by atoms with E-state index in [-0.39, 0.29) is 11.8 Å². The lowest BCUT2D eigenvalue weighted by atomic mass is 9.85. The van der Waals surface area contributed by atoms with Crippen molar-refractivity contribution >= 4 is 22.2 Å². The number of hydrogen-bond acceptors (Lipinski definition) is 3. The third kappa shape index (κ3) is 1.96. The predicted molar refractivity (Wildman–Crippen MR) is 58.2 cm³/mol. The molecule has 4 heteroatoms. The second kappa shape index (κ2) is 4.11. The van der Waals surface area contributed by atoms with Crippen LogP contribution in [-0.4, -0.2) is 5.91 Å². The number of thiophene rings is 1. The van der Waals surface area contributed by atoms with Gasteiger partial charge in [0.1, 0.15) is 0 Å². The summed E-state index contributed by atoms with van der Waals surface area (Å²) < 4.78 is 0. The standard InChI is InChI=1S/C10H14N2OS/c11-6-8-4-5-9(14-8)12-10(13)7-2-1-3-7/h4-5,7H,1-3,6,11H2,(H,12,13). The lowest BCUT2D eigenvalue weighted by Gasteiger charge is -2.23. The van der Waals surface area contributed by atoms with Crippen LogP contribution >= 0.6 is 11.3 Å². The highest BCUT2D eigenvalue weighted by molar-refractivity contribution is 7.16. The zero-order valence-electron chi connectivity index (χ0n) is 7.95. The minimum atomic E-state index is 0.168. The van der Waals surface area contributed by atoms with Gasteiger partial charge in [0.2, 0.25) is 5.91 Å². The quantitative estimate of drug-likeness (QED) is 0.801. The zero-order valence-corrected chi connectivity index (χ0v) is 8.77. The van der Waals surface area contributed by atoms with Crippen LogP contribution in [0, 0.1) is 5.92 Å². The van der Waals surface area contributed by atoms with E-state index in [1.54, 1.807) is 11.3 Å². The molecule has 0 unspecified atom stereocenters. The summed E-state index contributed by atoms with van der Waals surface area (Å²) in [4.78, 5) is 12.7. The van der Waals surface area contributed by atoms with Gasteiger partial charge in [-0.05, 0) is 25.0 Å². The van der Waals surface area contributed by atoms with Gasteiger partial charge in [0.15, 0.2) is 0 Å². The monoisotopic (exact) mass is 210 g/mol. The normalized spacial score (nSPS) is 16.4. The van der Waals surface area contributed by atoms with Crippen molar-refractivity contribution in [1.82, 2.24) is 0 Å². The molecule has 1 aliphatic rings. The smallest absolute Gasteiger partial charge is 0.228 e. The molecule has 14 heavy (non-hydrogen) atoms. The maximum absolute atomic E-state index is 11.6. The Kier molecular flexibility index (Phi) is 2.84. The van der Waals surface area contributed by atoms with E-state index < -0.39 is 0 Å². The molecule has 1 saturated carbocycles. The van der Waals surface area contributed by atoms with Gasteiger partial charge in [0.25, 0.3) is 0 Å². The van der Waals surface area contributed by atoms with Crippen LogP contribution in [0.15, 0.2) is 12.1 Å².